The van der Waals surface area contributed by atoms with Gasteiger partial charge in [-0.05, 0) is 31.2 Å². The average Bonchev–Trinajstić information content (AvgIpc) is 2.94. The lowest BCUT2D eigenvalue weighted by atomic mass is 10.3. The van der Waals surface area contributed by atoms with Crippen LogP contribution in [0.15, 0.2) is 34.9 Å². The number of anilines is 1. The first-order valence-electron chi connectivity index (χ1n) is 6.80. The van der Waals surface area contributed by atoms with Crippen LogP contribution < -0.4 is 15.9 Å². The maximum Gasteiger partial charge on any atom is 0.201 e. The second-order valence-electron chi connectivity index (χ2n) is 4.58. The van der Waals surface area contributed by atoms with Crippen molar-refractivity contribution in [2.24, 2.45) is 10.8 Å². The quantitative estimate of drug-likeness (QED) is 0.409. The molecule has 8 heteroatoms. The molecule has 1 heterocycles. The molecule has 0 aliphatic rings. The highest BCUT2D eigenvalue weighted by Gasteiger charge is 2.03. The number of nitrogens with zero attached hydrogens (tertiary/aromatic N) is 3. The standard InChI is InChI=1S/C15H16N6OS/c1-10-14(23-9-19-10)6-7-22-12-4-2-11(3-5-12)20-21-13(8-16)15(17)18/h2-5,9,20H,6-7H2,1H3,(H3,17,18)/b21-13+. The van der Waals surface area contributed by atoms with E-state index in [2.05, 4.69) is 15.5 Å². The number of benzene rings is 1. The van der Waals surface area contributed by atoms with Crippen LogP contribution in [-0.2, 0) is 6.42 Å². The van der Waals surface area contributed by atoms with E-state index < -0.39 is 0 Å². The van der Waals surface area contributed by atoms with Crippen LogP contribution in [0.25, 0.3) is 0 Å². The average molecular weight is 328 g/mol. The third-order valence-electron chi connectivity index (χ3n) is 2.95. The molecular formula is C15H16N6OS. The molecule has 0 spiro atoms. The van der Waals surface area contributed by atoms with Gasteiger partial charge in [-0.3, -0.25) is 10.8 Å². The Morgan fingerprint density at radius 3 is 2.78 bits per heavy atom. The SMILES string of the molecule is Cc1ncsc1CCOc1ccc(N/N=C(\C#N)C(=N)N)cc1. The fourth-order valence-electron chi connectivity index (χ4n) is 1.72. The van der Waals surface area contributed by atoms with Crippen molar-refractivity contribution < 1.29 is 4.74 Å². The van der Waals surface area contributed by atoms with Gasteiger partial charge < -0.3 is 10.5 Å². The number of ether oxygens (including phenoxy) is 1. The first-order chi connectivity index (χ1) is 11.1. The second kappa shape index (κ2) is 7.91. The minimum absolute atomic E-state index is 0.162. The Labute approximate surface area is 137 Å². The van der Waals surface area contributed by atoms with E-state index in [1.54, 1.807) is 41.7 Å². The van der Waals surface area contributed by atoms with Crippen molar-refractivity contribution in [3.63, 3.8) is 0 Å². The van der Waals surface area contributed by atoms with Gasteiger partial charge >= 0.3 is 0 Å². The maximum atomic E-state index is 8.75. The summed E-state index contributed by atoms with van der Waals surface area (Å²) in [5, 5.41) is 19.7. The number of hydrogen-bond donors (Lipinski definition) is 3. The molecule has 7 nitrogen and oxygen atoms in total. The summed E-state index contributed by atoms with van der Waals surface area (Å²) in [5.74, 6) is 0.368. The van der Waals surface area contributed by atoms with Crippen molar-refractivity contribution >= 4 is 28.6 Å². The number of hydrazone groups is 1. The highest BCUT2D eigenvalue weighted by Crippen LogP contribution is 2.17. The number of nitriles is 1. The molecule has 0 saturated heterocycles. The van der Waals surface area contributed by atoms with Gasteiger partial charge in [0.25, 0.3) is 0 Å². The number of nitrogens with one attached hydrogen (secondary N) is 2. The molecule has 23 heavy (non-hydrogen) atoms. The maximum absolute atomic E-state index is 8.75. The predicted octanol–water partition coefficient (Wildman–Crippen LogP) is 2.30. The number of amidine groups is 1. The summed E-state index contributed by atoms with van der Waals surface area (Å²) < 4.78 is 5.68. The first-order valence-corrected chi connectivity index (χ1v) is 7.68. The van der Waals surface area contributed by atoms with E-state index in [9.17, 15) is 0 Å². The zero-order valence-corrected chi connectivity index (χ0v) is 13.4. The highest BCUT2D eigenvalue weighted by molar-refractivity contribution is 7.09. The van der Waals surface area contributed by atoms with Crippen LogP contribution in [0.3, 0.4) is 0 Å². The van der Waals surface area contributed by atoms with E-state index in [4.69, 9.17) is 21.1 Å². The molecule has 0 aliphatic heterocycles. The molecule has 1 aromatic carbocycles. The van der Waals surface area contributed by atoms with Crippen LogP contribution in [0.1, 0.15) is 10.6 Å². The lowest BCUT2D eigenvalue weighted by Gasteiger charge is -2.07. The molecule has 0 atom stereocenters. The van der Waals surface area contributed by atoms with Crippen molar-refractivity contribution in [1.82, 2.24) is 4.98 Å². The number of aryl methyl sites for hydroxylation is 1. The molecule has 0 fully saturated rings. The van der Waals surface area contributed by atoms with Gasteiger partial charge in [0.2, 0.25) is 5.71 Å². The summed E-state index contributed by atoms with van der Waals surface area (Å²) in [7, 11) is 0. The molecule has 118 valence electrons. The van der Waals surface area contributed by atoms with Crippen molar-refractivity contribution in [3.8, 4) is 11.8 Å². The lowest BCUT2D eigenvalue weighted by molar-refractivity contribution is 0.322. The van der Waals surface area contributed by atoms with Crippen LogP contribution in [-0.4, -0.2) is 23.1 Å². The normalized spacial score (nSPS) is 10.9. The molecule has 2 aromatic rings. The second-order valence-corrected chi connectivity index (χ2v) is 5.52. The molecule has 0 aliphatic carbocycles. The number of nitrogens with two attached hydrogens (primary N) is 1. The molecule has 1 aromatic heterocycles. The van der Waals surface area contributed by atoms with E-state index in [-0.39, 0.29) is 11.5 Å². The monoisotopic (exact) mass is 328 g/mol. The van der Waals surface area contributed by atoms with E-state index in [0.717, 1.165) is 17.9 Å². The van der Waals surface area contributed by atoms with E-state index in [1.807, 2.05) is 12.4 Å². The Morgan fingerprint density at radius 1 is 1.48 bits per heavy atom. The Morgan fingerprint density at radius 2 is 2.22 bits per heavy atom. The predicted molar refractivity (Wildman–Crippen MR) is 91.1 cm³/mol. The minimum Gasteiger partial charge on any atom is -0.493 e. The molecular weight excluding hydrogens is 312 g/mol. The summed E-state index contributed by atoms with van der Waals surface area (Å²) in [6, 6.07) is 8.88. The van der Waals surface area contributed by atoms with E-state index >= 15 is 0 Å². The topological polar surface area (TPSA) is 120 Å². The van der Waals surface area contributed by atoms with Crippen LogP contribution in [0.5, 0.6) is 5.75 Å². The van der Waals surface area contributed by atoms with Crippen LogP contribution in [0, 0.1) is 23.7 Å². The molecule has 4 N–H and O–H groups in total. The zero-order chi connectivity index (χ0) is 16.7. The van der Waals surface area contributed by atoms with Gasteiger partial charge in [-0.15, -0.1) is 11.3 Å². The van der Waals surface area contributed by atoms with Crippen LogP contribution >= 0.6 is 11.3 Å². The molecule has 2 rings (SSSR count). The third kappa shape index (κ3) is 4.79. The Kier molecular flexibility index (Phi) is 5.66. The molecule has 0 saturated carbocycles. The molecule has 0 bridgehead atoms. The van der Waals surface area contributed by atoms with Gasteiger partial charge in [0, 0.05) is 11.3 Å². The largest absolute Gasteiger partial charge is 0.493 e. The summed E-state index contributed by atoms with van der Waals surface area (Å²) in [4.78, 5) is 5.43. The van der Waals surface area contributed by atoms with Crippen LogP contribution in [0.2, 0.25) is 0 Å². The van der Waals surface area contributed by atoms with Gasteiger partial charge in [0.1, 0.15) is 11.8 Å². The van der Waals surface area contributed by atoms with E-state index in [1.165, 1.54) is 4.88 Å². The zero-order valence-electron chi connectivity index (χ0n) is 12.5. The van der Waals surface area contributed by atoms with Gasteiger partial charge in [0.15, 0.2) is 5.84 Å². The van der Waals surface area contributed by atoms with E-state index in [0.29, 0.717) is 12.3 Å². The Balaban J connectivity index is 1.86. The molecule has 0 amide bonds. The number of aromatic nitrogens is 1. The van der Waals surface area contributed by atoms with Gasteiger partial charge in [-0.25, -0.2) is 4.98 Å². The lowest BCUT2D eigenvalue weighted by Crippen LogP contribution is -2.21. The summed E-state index contributed by atoms with van der Waals surface area (Å²) >= 11 is 1.63. The smallest absolute Gasteiger partial charge is 0.201 e. The highest BCUT2D eigenvalue weighted by atomic mass is 32.1. The van der Waals surface area contributed by atoms with Gasteiger partial charge in [0.05, 0.1) is 23.5 Å². The van der Waals surface area contributed by atoms with Gasteiger partial charge in [-0.2, -0.15) is 10.4 Å². The van der Waals surface area contributed by atoms with Crippen molar-refractivity contribution in [3.05, 3.63) is 40.3 Å². The third-order valence-corrected chi connectivity index (χ3v) is 3.95. The summed E-state index contributed by atoms with van der Waals surface area (Å²) in [6.07, 6.45) is 0.824. The van der Waals surface area contributed by atoms with Crippen molar-refractivity contribution in [1.29, 1.82) is 10.7 Å². The van der Waals surface area contributed by atoms with Crippen molar-refractivity contribution in [2.75, 3.05) is 12.0 Å². The number of thiazole rings is 1. The Bertz CT molecular complexity index is 744. The fourth-order valence-corrected chi connectivity index (χ4v) is 2.48. The van der Waals surface area contributed by atoms with Gasteiger partial charge in [-0.1, -0.05) is 0 Å². The Hall–Kier alpha value is -2.92. The molecule has 0 radical (unpaired) electrons. The fraction of sp³-hybridized carbons (Fsp3) is 0.200. The first kappa shape index (κ1) is 16.5. The summed E-state index contributed by atoms with van der Waals surface area (Å²) in [6.45, 7) is 2.57. The van der Waals surface area contributed by atoms with Crippen molar-refractivity contribution in [2.45, 2.75) is 13.3 Å². The van der Waals surface area contributed by atoms with Crippen LogP contribution in [0.4, 0.5) is 5.69 Å². The molecule has 0 unspecified atom stereocenters. The minimum atomic E-state index is -0.377. The number of hydrogen-bond acceptors (Lipinski definition) is 7. The number of rotatable bonds is 7. The summed E-state index contributed by atoms with van der Waals surface area (Å²) in [5.41, 5.74) is 11.3.